The quantitative estimate of drug-likeness (QED) is 0.706. The van der Waals surface area contributed by atoms with E-state index < -0.39 is 21.7 Å². The lowest BCUT2D eigenvalue weighted by atomic mass is 10.1. The molecular weight excluding hydrogens is 403 g/mol. The number of carbonyl (C=O) groups is 1. The zero-order chi connectivity index (χ0) is 21.0. The fourth-order valence-corrected chi connectivity index (χ4v) is 4.20. The van der Waals surface area contributed by atoms with Gasteiger partial charge >= 0.3 is 0 Å². The second-order valence-electron chi connectivity index (χ2n) is 6.32. The Morgan fingerprint density at radius 1 is 1.17 bits per heavy atom. The molecule has 0 spiro atoms. The van der Waals surface area contributed by atoms with Gasteiger partial charge in [-0.05, 0) is 36.8 Å². The molecule has 1 unspecified atom stereocenters. The van der Waals surface area contributed by atoms with Crippen molar-refractivity contribution < 1.29 is 31.8 Å². The summed E-state index contributed by atoms with van der Waals surface area (Å²) in [6.45, 7) is 0.768. The molecule has 1 heterocycles. The molecule has 2 N–H and O–H groups in total. The number of hydrogen-bond donors (Lipinski definition) is 2. The Bertz CT molecular complexity index is 1010. The first kappa shape index (κ1) is 21.0. The van der Waals surface area contributed by atoms with Crippen molar-refractivity contribution in [3.63, 3.8) is 0 Å². The maximum absolute atomic E-state index is 14.1. The zero-order valence-corrected chi connectivity index (χ0v) is 16.7. The number of amides is 1. The largest absolute Gasteiger partial charge is 0.496 e. The fourth-order valence-electron chi connectivity index (χ4n) is 2.92. The molecule has 1 saturated heterocycles. The first-order valence-corrected chi connectivity index (χ1v) is 10.3. The Labute approximate surface area is 168 Å². The van der Waals surface area contributed by atoms with Crippen molar-refractivity contribution in [3.05, 3.63) is 47.8 Å². The fraction of sp³-hybridized carbons (Fsp3) is 0.316. The Balaban J connectivity index is 1.92. The van der Waals surface area contributed by atoms with E-state index in [1.165, 1.54) is 50.6 Å². The van der Waals surface area contributed by atoms with Gasteiger partial charge in [-0.2, -0.15) is 0 Å². The number of methoxy groups -OCH3 is 2. The van der Waals surface area contributed by atoms with Crippen LogP contribution in [0.15, 0.2) is 41.3 Å². The van der Waals surface area contributed by atoms with Gasteiger partial charge in [-0.3, -0.25) is 4.79 Å². The van der Waals surface area contributed by atoms with Crippen LogP contribution in [-0.2, 0) is 14.8 Å². The Hall–Kier alpha value is -2.69. The van der Waals surface area contributed by atoms with E-state index in [4.69, 9.17) is 14.2 Å². The van der Waals surface area contributed by atoms with E-state index in [0.717, 1.165) is 0 Å². The molecule has 8 nitrogen and oxygen atoms in total. The van der Waals surface area contributed by atoms with E-state index in [9.17, 15) is 17.6 Å². The number of ether oxygens (including phenoxy) is 3. The highest BCUT2D eigenvalue weighted by Crippen LogP contribution is 2.29. The van der Waals surface area contributed by atoms with E-state index in [2.05, 4.69) is 10.0 Å². The maximum atomic E-state index is 14.1. The van der Waals surface area contributed by atoms with E-state index >= 15 is 0 Å². The van der Waals surface area contributed by atoms with Gasteiger partial charge in [-0.1, -0.05) is 6.07 Å². The minimum absolute atomic E-state index is 0.0663. The second kappa shape index (κ2) is 8.76. The van der Waals surface area contributed by atoms with E-state index in [-0.39, 0.29) is 40.3 Å². The number of anilines is 1. The molecule has 29 heavy (non-hydrogen) atoms. The van der Waals surface area contributed by atoms with Crippen LogP contribution in [0.2, 0.25) is 0 Å². The number of rotatable bonds is 7. The second-order valence-corrected chi connectivity index (χ2v) is 8.03. The molecule has 1 amide bonds. The molecule has 0 bridgehead atoms. The van der Waals surface area contributed by atoms with Crippen LogP contribution >= 0.6 is 0 Å². The van der Waals surface area contributed by atoms with Crippen molar-refractivity contribution >= 4 is 21.6 Å². The average Bonchev–Trinajstić information content (AvgIpc) is 3.21. The number of para-hydroxylation sites is 1. The van der Waals surface area contributed by atoms with Gasteiger partial charge in [0.15, 0.2) is 5.82 Å². The number of halogens is 1. The number of benzene rings is 2. The lowest BCUT2D eigenvalue weighted by molar-refractivity contribution is 0.102. The van der Waals surface area contributed by atoms with Crippen LogP contribution in [0.3, 0.4) is 0 Å². The third-order valence-electron chi connectivity index (χ3n) is 4.41. The summed E-state index contributed by atoms with van der Waals surface area (Å²) in [6.07, 6.45) is 0.565. The number of carbonyl (C=O) groups excluding carboxylic acids is 1. The normalized spacial score (nSPS) is 16.4. The molecule has 10 heteroatoms. The van der Waals surface area contributed by atoms with Crippen LogP contribution in [0.5, 0.6) is 11.5 Å². The molecule has 0 radical (unpaired) electrons. The number of hydrogen-bond acceptors (Lipinski definition) is 6. The topological polar surface area (TPSA) is 103 Å². The third kappa shape index (κ3) is 4.66. The van der Waals surface area contributed by atoms with Gasteiger partial charge in [0.2, 0.25) is 10.0 Å². The Morgan fingerprint density at radius 2 is 1.93 bits per heavy atom. The van der Waals surface area contributed by atoms with Crippen LogP contribution in [0.25, 0.3) is 0 Å². The molecule has 0 aromatic heterocycles. The monoisotopic (exact) mass is 424 g/mol. The summed E-state index contributed by atoms with van der Waals surface area (Å²) in [5, 5.41) is 2.42. The molecule has 2 aromatic rings. The molecule has 156 valence electrons. The third-order valence-corrected chi connectivity index (χ3v) is 5.93. The summed E-state index contributed by atoms with van der Waals surface area (Å²) in [5.41, 5.74) is -0.222. The van der Waals surface area contributed by atoms with Crippen molar-refractivity contribution in [2.75, 3.05) is 32.8 Å². The van der Waals surface area contributed by atoms with Crippen LogP contribution in [0, 0.1) is 5.82 Å². The average molecular weight is 424 g/mol. The summed E-state index contributed by atoms with van der Waals surface area (Å²) in [5.74, 6) is -1.17. The zero-order valence-electron chi connectivity index (χ0n) is 15.9. The Kier molecular flexibility index (Phi) is 6.36. The van der Waals surface area contributed by atoms with Gasteiger partial charge in [0, 0.05) is 12.6 Å². The first-order valence-electron chi connectivity index (χ1n) is 8.77. The SMILES string of the molecule is COc1ccc(S(=O)(=O)NC2CCOC2)cc1C(=O)Nc1c(F)cccc1OC. The molecule has 3 rings (SSSR count). The van der Waals surface area contributed by atoms with Crippen LogP contribution in [-0.4, -0.2) is 47.8 Å². The van der Waals surface area contributed by atoms with Crippen molar-refractivity contribution in [2.45, 2.75) is 17.4 Å². The van der Waals surface area contributed by atoms with Crippen LogP contribution in [0.1, 0.15) is 16.8 Å². The standard InChI is InChI=1S/C19H21FN2O6S/c1-26-16-7-6-13(29(24,25)22-12-8-9-28-11-12)10-14(16)19(23)21-18-15(20)4-3-5-17(18)27-2/h3-7,10,12,22H,8-9,11H2,1-2H3,(H,21,23). The van der Waals surface area contributed by atoms with Gasteiger partial charge < -0.3 is 19.5 Å². The number of sulfonamides is 1. The lowest BCUT2D eigenvalue weighted by Crippen LogP contribution is -2.35. The maximum Gasteiger partial charge on any atom is 0.259 e. The molecule has 1 fully saturated rings. The van der Waals surface area contributed by atoms with E-state index in [0.29, 0.717) is 13.0 Å². The highest BCUT2D eigenvalue weighted by atomic mass is 32.2. The van der Waals surface area contributed by atoms with E-state index in [1.54, 1.807) is 0 Å². The minimum atomic E-state index is -3.88. The van der Waals surface area contributed by atoms with Crippen molar-refractivity contribution in [2.24, 2.45) is 0 Å². The molecule has 2 aromatic carbocycles. The smallest absolute Gasteiger partial charge is 0.259 e. The van der Waals surface area contributed by atoms with Crippen molar-refractivity contribution in [3.8, 4) is 11.5 Å². The highest BCUT2D eigenvalue weighted by molar-refractivity contribution is 7.89. The van der Waals surface area contributed by atoms with Crippen molar-refractivity contribution in [1.29, 1.82) is 0 Å². The molecule has 0 aliphatic carbocycles. The molecule has 1 aliphatic heterocycles. The summed E-state index contributed by atoms with van der Waals surface area (Å²) in [4.78, 5) is 12.7. The van der Waals surface area contributed by atoms with Gasteiger partial charge in [-0.25, -0.2) is 17.5 Å². The van der Waals surface area contributed by atoms with Gasteiger partial charge in [0.1, 0.15) is 17.2 Å². The van der Waals surface area contributed by atoms with Gasteiger partial charge in [0.05, 0.1) is 31.3 Å². The van der Waals surface area contributed by atoms with Crippen LogP contribution < -0.4 is 19.5 Å². The molecule has 1 atom stereocenters. The summed E-state index contributed by atoms with van der Waals surface area (Å²) in [7, 11) is -1.19. The first-order chi connectivity index (χ1) is 13.9. The molecule has 0 saturated carbocycles. The summed E-state index contributed by atoms with van der Waals surface area (Å²) >= 11 is 0. The predicted molar refractivity (Wildman–Crippen MR) is 103 cm³/mol. The highest BCUT2D eigenvalue weighted by Gasteiger charge is 2.26. The minimum Gasteiger partial charge on any atom is -0.496 e. The molecular formula is C19H21FN2O6S. The summed E-state index contributed by atoms with van der Waals surface area (Å²) in [6, 6.07) is 7.65. The Morgan fingerprint density at radius 3 is 2.59 bits per heavy atom. The van der Waals surface area contributed by atoms with Crippen LogP contribution in [0.4, 0.5) is 10.1 Å². The van der Waals surface area contributed by atoms with E-state index in [1.807, 2.05) is 0 Å². The lowest BCUT2D eigenvalue weighted by Gasteiger charge is -2.15. The predicted octanol–water partition coefficient (Wildman–Crippen LogP) is 2.16. The summed E-state index contributed by atoms with van der Waals surface area (Å²) < 4.78 is 57.4. The van der Waals surface area contributed by atoms with Gasteiger partial charge in [0.25, 0.3) is 5.91 Å². The van der Waals surface area contributed by atoms with Crippen molar-refractivity contribution in [1.82, 2.24) is 4.72 Å². The van der Waals surface area contributed by atoms with Gasteiger partial charge in [-0.15, -0.1) is 0 Å². The molecule has 1 aliphatic rings. The number of nitrogens with one attached hydrogen (secondary N) is 2.